The summed E-state index contributed by atoms with van der Waals surface area (Å²) in [5.41, 5.74) is -0.828. The zero-order chi connectivity index (χ0) is 22.2. The third-order valence-electron chi connectivity index (χ3n) is 5.36. The first-order valence-corrected chi connectivity index (χ1v) is 12.2. The fourth-order valence-corrected chi connectivity index (χ4v) is 6.82. The number of sulfonamides is 1. The van der Waals surface area contributed by atoms with Gasteiger partial charge in [-0.05, 0) is 29.6 Å². The number of hydrogen-bond acceptors (Lipinski definition) is 6. The summed E-state index contributed by atoms with van der Waals surface area (Å²) >= 11 is 6.83. The van der Waals surface area contributed by atoms with E-state index >= 15 is 0 Å². The molecule has 4 rings (SSSR count). The summed E-state index contributed by atoms with van der Waals surface area (Å²) in [7, 11) is -3.70. The van der Waals surface area contributed by atoms with E-state index in [0.29, 0.717) is 0 Å². The standard InChI is InChI=1S/C19H19ClFN3O5S2/c20-14-12-13(3-4-15(14)21)22-17(25)18(26)23-7-5-19(6-8-23)24(9-10-29-19)31(27,28)16-2-1-11-30-16/h1-4,11-12H,5-10H2,(H,22,25). The Kier molecular flexibility index (Phi) is 6.05. The van der Waals surface area contributed by atoms with Gasteiger partial charge in [-0.15, -0.1) is 11.3 Å². The third kappa shape index (κ3) is 4.20. The number of likely N-dealkylation sites (tertiary alicyclic amines) is 1. The van der Waals surface area contributed by atoms with Crippen LogP contribution in [0.25, 0.3) is 0 Å². The van der Waals surface area contributed by atoms with Gasteiger partial charge in [0, 0.05) is 38.2 Å². The summed E-state index contributed by atoms with van der Waals surface area (Å²) < 4.78 is 46.8. The molecule has 2 fully saturated rings. The van der Waals surface area contributed by atoms with Gasteiger partial charge in [0.1, 0.15) is 15.8 Å². The first-order chi connectivity index (χ1) is 14.7. The van der Waals surface area contributed by atoms with E-state index in [1.54, 1.807) is 17.5 Å². The minimum Gasteiger partial charge on any atom is -0.358 e. The fourth-order valence-electron chi connectivity index (χ4n) is 3.81. The lowest BCUT2D eigenvalue weighted by atomic mass is 10.0. The van der Waals surface area contributed by atoms with Gasteiger partial charge < -0.3 is 15.0 Å². The molecule has 2 aliphatic heterocycles. The number of amides is 2. The minimum absolute atomic E-state index is 0.160. The molecule has 31 heavy (non-hydrogen) atoms. The molecule has 0 unspecified atom stereocenters. The second kappa shape index (κ2) is 8.47. The predicted octanol–water partition coefficient (Wildman–Crippen LogP) is 2.52. The maximum atomic E-state index is 13.3. The van der Waals surface area contributed by atoms with Crippen LogP contribution in [0.3, 0.4) is 0 Å². The van der Waals surface area contributed by atoms with E-state index < -0.39 is 33.4 Å². The summed E-state index contributed by atoms with van der Waals surface area (Å²) in [5.74, 6) is -2.28. The molecule has 3 heterocycles. The zero-order valence-corrected chi connectivity index (χ0v) is 18.6. The van der Waals surface area contributed by atoms with Crippen LogP contribution in [0.1, 0.15) is 12.8 Å². The van der Waals surface area contributed by atoms with E-state index in [9.17, 15) is 22.4 Å². The second-order valence-corrected chi connectivity index (χ2v) is 10.6. The lowest BCUT2D eigenvalue weighted by molar-refractivity contribution is -0.148. The van der Waals surface area contributed by atoms with Gasteiger partial charge in [-0.25, -0.2) is 12.8 Å². The number of halogens is 2. The summed E-state index contributed by atoms with van der Waals surface area (Å²) in [6, 6.07) is 6.84. The molecule has 2 aliphatic rings. The van der Waals surface area contributed by atoms with Crippen molar-refractivity contribution in [2.24, 2.45) is 0 Å². The molecule has 0 radical (unpaired) electrons. The number of anilines is 1. The molecule has 8 nitrogen and oxygen atoms in total. The summed E-state index contributed by atoms with van der Waals surface area (Å²) in [4.78, 5) is 26.2. The first kappa shape index (κ1) is 22.2. The number of piperidine rings is 1. The van der Waals surface area contributed by atoms with Gasteiger partial charge in [-0.1, -0.05) is 17.7 Å². The van der Waals surface area contributed by atoms with E-state index in [1.165, 1.54) is 21.3 Å². The maximum Gasteiger partial charge on any atom is 0.313 e. The Morgan fingerprint density at radius 3 is 2.58 bits per heavy atom. The van der Waals surface area contributed by atoms with Gasteiger partial charge in [-0.3, -0.25) is 9.59 Å². The van der Waals surface area contributed by atoms with Gasteiger partial charge in [0.25, 0.3) is 10.0 Å². The highest BCUT2D eigenvalue weighted by Crippen LogP contribution is 2.39. The molecule has 1 aromatic carbocycles. The van der Waals surface area contributed by atoms with E-state index in [4.69, 9.17) is 16.3 Å². The van der Waals surface area contributed by atoms with Crippen LogP contribution >= 0.6 is 22.9 Å². The van der Waals surface area contributed by atoms with Crippen LogP contribution in [-0.2, 0) is 24.3 Å². The number of carbonyl (C=O) groups is 2. The normalized spacial score (nSPS) is 19.0. The molecule has 0 bridgehead atoms. The number of nitrogens with zero attached hydrogens (tertiary/aromatic N) is 2. The highest BCUT2D eigenvalue weighted by Gasteiger charge is 2.51. The molecule has 0 atom stereocenters. The Hall–Kier alpha value is -2.05. The average Bonchev–Trinajstić information content (AvgIpc) is 3.42. The summed E-state index contributed by atoms with van der Waals surface area (Å²) in [6.07, 6.45) is 0.498. The molecule has 2 saturated heterocycles. The van der Waals surface area contributed by atoms with Crippen molar-refractivity contribution in [1.29, 1.82) is 0 Å². The van der Waals surface area contributed by atoms with Crippen LogP contribution in [0.5, 0.6) is 0 Å². The number of nitrogens with one attached hydrogen (secondary N) is 1. The number of carbonyl (C=O) groups excluding carboxylic acids is 2. The summed E-state index contributed by atoms with van der Waals surface area (Å²) in [5, 5.41) is 3.93. The van der Waals surface area contributed by atoms with E-state index in [1.807, 2.05) is 0 Å². The quantitative estimate of drug-likeness (QED) is 0.671. The van der Waals surface area contributed by atoms with Gasteiger partial charge in [0.15, 0.2) is 0 Å². The van der Waals surface area contributed by atoms with Crippen molar-refractivity contribution in [2.45, 2.75) is 22.8 Å². The van der Waals surface area contributed by atoms with Crippen LogP contribution in [0.2, 0.25) is 5.02 Å². The van der Waals surface area contributed by atoms with Crippen LogP contribution in [0, 0.1) is 5.82 Å². The highest BCUT2D eigenvalue weighted by molar-refractivity contribution is 7.91. The van der Waals surface area contributed by atoms with E-state index in [2.05, 4.69) is 5.32 Å². The van der Waals surface area contributed by atoms with Crippen LogP contribution in [-0.4, -0.2) is 61.4 Å². The van der Waals surface area contributed by atoms with Crippen LogP contribution in [0.15, 0.2) is 39.9 Å². The molecule has 1 aromatic heterocycles. The minimum atomic E-state index is -3.70. The van der Waals surface area contributed by atoms with Crippen LogP contribution in [0.4, 0.5) is 10.1 Å². The molecular weight excluding hydrogens is 469 g/mol. The average molecular weight is 488 g/mol. The molecule has 166 valence electrons. The largest absolute Gasteiger partial charge is 0.358 e. The highest BCUT2D eigenvalue weighted by atomic mass is 35.5. The fraction of sp³-hybridized carbons (Fsp3) is 0.368. The van der Waals surface area contributed by atoms with Crippen molar-refractivity contribution in [2.75, 3.05) is 31.6 Å². The molecular formula is C19H19ClFN3O5S2. The Morgan fingerprint density at radius 1 is 1.19 bits per heavy atom. The van der Waals surface area contributed by atoms with Crippen molar-refractivity contribution in [3.05, 3.63) is 46.6 Å². The lowest BCUT2D eigenvalue weighted by Gasteiger charge is -2.42. The second-order valence-electron chi connectivity index (χ2n) is 7.18. The van der Waals surface area contributed by atoms with Crippen molar-refractivity contribution < 1.29 is 27.1 Å². The number of hydrogen-bond donors (Lipinski definition) is 1. The monoisotopic (exact) mass is 487 g/mol. The molecule has 12 heteroatoms. The van der Waals surface area contributed by atoms with Gasteiger partial charge >= 0.3 is 11.8 Å². The first-order valence-electron chi connectivity index (χ1n) is 9.49. The molecule has 1 spiro atoms. The lowest BCUT2D eigenvalue weighted by Crippen LogP contribution is -2.56. The Labute approximate surface area is 187 Å². The van der Waals surface area contributed by atoms with E-state index in [-0.39, 0.29) is 54.0 Å². The number of thiophene rings is 1. The van der Waals surface area contributed by atoms with Crippen molar-refractivity contribution >= 4 is 50.5 Å². The molecule has 2 aromatic rings. The van der Waals surface area contributed by atoms with Crippen molar-refractivity contribution in [3.63, 3.8) is 0 Å². The number of ether oxygens (including phenoxy) is 1. The van der Waals surface area contributed by atoms with Gasteiger partial charge in [0.2, 0.25) is 0 Å². The smallest absolute Gasteiger partial charge is 0.313 e. The third-order valence-corrected chi connectivity index (χ3v) is 8.97. The topological polar surface area (TPSA) is 96.0 Å². The van der Waals surface area contributed by atoms with Gasteiger partial charge in [0.05, 0.1) is 11.6 Å². The Bertz CT molecular complexity index is 1100. The maximum absolute atomic E-state index is 13.3. The SMILES string of the molecule is O=C(Nc1ccc(F)c(Cl)c1)C(=O)N1CCC2(CC1)OCCN2S(=O)(=O)c1cccs1. The van der Waals surface area contributed by atoms with Crippen molar-refractivity contribution in [1.82, 2.24) is 9.21 Å². The van der Waals surface area contributed by atoms with Gasteiger partial charge in [-0.2, -0.15) is 4.31 Å². The number of rotatable bonds is 3. The molecule has 2 amide bonds. The van der Waals surface area contributed by atoms with Crippen LogP contribution < -0.4 is 5.32 Å². The number of benzene rings is 1. The molecule has 0 aliphatic carbocycles. The van der Waals surface area contributed by atoms with E-state index in [0.717, 1.165) is 17.4 Å². The van der Waals surface area contributed by atoms with Crippen molar-refractivity contribution in [3.8, 4) is 0 Å². The Balaban J connectivity index is 1.42. The molecule has 1 N–H and O–H groups in total. The molecule has 0 saturated carbocycles. The Morgan fingerprint density at radius 2 is 1.94 bits per heavy atom. The predicted molar refractivity (Wildman–Crippen MR) is 113 cm³/mol. The summed E-state index contributed by atoms with van der Waals surface area (Å²) in [6.45, 7) is 0.824. The zero-order valence-electron chi connectivity index (χ0n) is 16.2.